The van der Waals surface area contributed by atoms with Crippen molar-refractivity contribution >= 4 is 58.2 Å². The lowest BCUT2D eigenvalue weighted by Gasteiger charge is -2.35. The van der Waals surface area contributed by atoms with Gasteiger partial charge in [0.05, 0.1) is 26.7 Å². The molecule has 9 heteroatoms. The fraction of sp³-hybridized carbons (Fsp3) is 0.320. The Balaban J connectivity index is 1.27. The normalized spacial score (nSPS) is 20.8. The van der Waals surface area contributed by atoms with Crippen molar-refractivity contribution in [3.05, 3.63) is 69.3 Å². The van der Waals surface area contributed by atoms with Crippen molar-refractivity contribution in [3.63, 3.8) is 0 Å². The fourth-order valence-corrected chi connectivity index (χ4v) is 6.73. The molecule has 34 heavy (non-hydrogen) atoms. The molecule has 1 aromatic heterocycles. The lowest BCUT2D eigenvalue weighted by Crippen LogP contribution is -2.41. The lowest BCUT2D eigenvalue weighted by molar-refractivity contribution is 0.0979. The minimum atomic E-state index is -0.226. The molecular weight excluding hydrogens is 489 g/mol. The SMILES string of the molecule is CC1Sc2nc(Nc3ccc4c(c3)CCN(C)C43CC3)ncc2C(=O)N1c1c(Cl)cccc1Cl. The number of aromatic nitrogens is 2. The van der Waals surface area contributed by atoms with Gasteiger partial charge in [0.15, 0.2) is 0 Å². The van der Waals surface area contributed by atoms with Crippen LogP contribution >= 0.6 is 35.0 Å². The van der Waals surface area contributed by atoms with Gasteiger partial charge in [0, 0.05) is 24.0 Å². The van der Waals surface area contributed by atoms with Gasteiger partial charge < -0.3 is 5.32 Å². The second kappa shape index (κ2) is 8.12. The molecule has 6 nitrogen and oxygen atoms in total. The Morgan fingerprint density at radius 1 is 1.18 bits per heavy atom. The number of hydrogen-bond donors (Lipinski definition) is 1. The lowest BCUT2D eigenvalue weighted by atomic mass is 9.90. The molecule has 1 unspecified atom stereocenters. The summed E-state index contributed by atoms with van der Waals surface area (Å²) < 4.78 is 0. The van der Waals surface area contributed by atoms with Gasteiger partial charge in [-0.2, -0.15) is 0 Å². The summed E-state index contributed by atoms with van der Waals surface area (Å²) in [4.78, 5) is 26.6. The number of nitrogens with zero attached hydrogens (tertiary/aromatic N) is 4. The second-order valence-corrected chi connectivity index (χ2v) is 11.2. The van der Waals surface area contributed by atoms with E-state index in [1.807, 2.05) is 6.92 Å². The maximum absolute atomic E-state index is 13.3. The topological polar surface area (TPSA) is 61.4 Å². The molecule has 1 N–H and O–H groups in total. The number of para-hydroxylation sites is 1. The minimum Gasteiger partial charge on any atom is -0.324 e. The van der Waals surface area contributed by atoms with Gasteiger partial charge in [-0.15, -0.1) is 0 Å². The van der Waals surface area contributed by atoms with E-state index < -0.39 is 0 Å². The number of likely N-dealkylation sites (N-methyl/N-ethyl adjacent to an activating group) is 1. The highest BCUT2D eigenvalue weighted by Crippen LogP contribution is 2.53. The number of carbonyl (C=O) groups is 1. The average Bonchev–Trinajstić information content (AvgIpc) is 3.60. The van der Waals surface area contributed by atoms with Crippen molar-refractivity contribution in [1.29, 1.82) is 0 Å². The summed E-state index contributed by atoms with van der Waals surface area (Å²) in [6.45, 7) is 3.02. The highest BCUT2D eigenvalue weighted by atomic mass is 35.5. The van der Waals surface area contributed by atoms with Crippen LogP contribution in [-0.4, -0.2) is 39.7 Å². The first-order chi connectivity index (χ1) is 16.4. The largest absolute Gasteiger partial charge is 0.324 e. The van der Waals surface area contributed by atoms with Crippen molar-refractivity contribution in [2.45, 2.75) is 42.1 Å². The zero-order valence-electron chi connectivity index (χ0n) is 18.8. The van der Waals surface area contributed by atoms with Crippen LogP contribution in [0, 0.1) is 0 Å². The molecule has 0 bridgehead atoms. The maximum atomic E-state index is 13.3. The Morgan fingerprint density at radius 3 is 2.68 bits per heavy atom. The van der Waals surface area contributed by atoms with Gasteiger partial charge >= 0.3 is 0 Å². The summed E-state index contributed by atoms with van der Waals surface area (Å²) in [6, 6.07) is 11.8. The van der Waals surface area contributed by atoms with E-state index in [4.69, 9.17) is 23.2 Å². The molecule has 0 saturated heterocycles. The molecule has 1 amide bonds. The number of carbonyl (C=O) groups excluding carboxylic acids is 1. The summed E-state index contributed by atoms with van der Waals surface area (Å²) in [5.41, 5.74) is 5.00. The molecule has 1 aliphatic carbocycles. The molecule has 3 aliphatic rings. The van der Waals surface area contributed by atoms with E-state index in [0.717, 1.165) is 18.7 Å². The Kier molecular flexibility index (Phi) is 5.30. The molecule has 3 heterocycles. The quantitative estimate of drug-likeness (QED) is 0.428. The van der Waals surface area contributed by atoms with Crippen molar-refractivity contribution in [1.82, 2.24) is 14.9 Å². The third kappa shape index (κ3) is 3.49. The molecule has 3 aromatic rings. The Hall–Kier alpha value is -2.32. The van der Waals surface area contributed by atoms with E-state index in [0.29, 0.717) is 32.3 Å². The molecule has 1 atom stereocenters. The number of halogens is 2. The third-order valence-electron chi connectivity index (χ3n) is 7.06. The Labute approximate surface area is 212 Å². The minimum absolute atomic E-state index is 0.213. The van der Waals surface area contributed by atoms with Crippen LogP contribution < -0.4 is 10.2 Å². The van der Waals surface area contributed by atoms with Gasteiger partial charge in [-0.3, -0.25) is 14.6 Å². The van der Waals surface area contributed by atoms with Crippen molar-refractivity contribution in [3.8, 4) is 0 Å². The van der Waals surface area contributed by atoms with Gasteiger partial charge in [-0.1, -0.05) is 47.1 Å². The van der Waals surface area contributed by atoms with E-state index in [1.165, 1.54) is 35.7 Å². The number of benzene rings is 2. The van der Waals surface area contributed by atoms with Crippen LogP contribution in [0.4, 0.5) is 17.3 Å². The average molecular weight is 512 g/mol. The fourth-order valence-electron chi connectivity index (χ4n) is 5.11. The summed E-state index contributed by atoms with van der Waals surface area (Å²) in [7, 11) is 2.23. The molecule has 6 rings (SSSR count). The molecule has 0 radical (unpaired) electrons. The number of rotatable bonds is 3. The number of nitrogens with one attached hydrogen (secondary N) is 1. The van der Waals surface area contributed by atoms with Gasteiger partial charge in [0.2, 0.25) is 5.95 Å². The van der Waals surface area contributed by atoms with Gasteiger partial charge in [0.1, 0.15) is 5.03 Å². The molecule has 1 fully saturated rings. The van der Waals surface area contributed by atoms with Crippen LogP contribution in [0.3, 0.4) is 0 Å². The summed E-state index contributed by atoms with van der Waals surface area (Å²) >= 11 is 14.3. The van der Waals surface area contributed by atoms with Gasteiger partial charge in [-0.05, 0) is 68.6 Å². The van der Waals surface area contributed by atoms with Crippen LogP contribution in [-0.2, 0) is 12.0 Å². The first kappa shape index (κ1) is 22.2. The molecule has 1 saturated carbocycles. The standard InChI is InChI=1S/C25H23Cl2N5OS/c1-14-32(21-19(26)4-3-5-20(21)27)23(33)17-13-28-24(30-22(17)34-14)29-16-6-7-18-15(12-16)8-11-31(2)25(18)9-10-25/h3-7,12-14H,8-11H2,1-2H3,(H,28,29,30). The van der Waals surface area contributed by atoms with Gasteiger partial charge in [0.25, 0.3) is 5.91 Å². The van der Waals surface area contributed by atoms with Crippen LogP contribution in [0.15, 0.2) is 47.6 Å². The maximum Gasteiger partial charge on any atom is 0.263 e. The first-order valence-corrected chi connectivity index (χ1v) is 12.9. The first-order valence-electron chi connectivity index (χ1n) is 11.3. The number of amides is 1. The van der Waals surface area contributed by atoms with E-state index in [9.17, 15) is 4.79 Å². The van der Waals surface area contributed by atoms with Crippen molar-refractivity contribution in [2.75, 3.05) is 23.8 Å². The number of thioether (sulfide) groups is 1. The molecule has 2 aliphatic heterocycles. The zero-order chi connectivity index (χ0) is 23.6. The number of anilines is 3. The van der Waals surface area contributed by atoms with Crippen LogP contribution in [0.1, 0.15) is 41.3 Å². The third-order valence-corrected chi connectivity index (χ3v) is 8.76. The van der Waals surface area contributed by atoms with E-state index in [-0.39, 0.29) is 16.8 Å². The smallest absolute Gasteiger partial charge is 0.263 e. The predicted molar refractivity (Wildman–Crippen MR) is 138 cm³/mol. The summed E-state index contributed by atoms with van der Waals surface area (Å²) in [6.07, 6.45) is 5.08. The molecule has 174 valence electrons. The molecule has 2 aromatic carbocycles. The second-order valence-electron chi connectivity index (χ2n) is 9.08. The molecular formula is C25H23Cl2N5OS. The van der Waals surface area contributed by atoms with Gasteiger partial charge in [-0.25, -0.2) is 9.97 Å². The molecule has 1 spiro atoms. The van der Waals surface area contributed by atoms with E-state index >= 15 is 0 Å². The Morgan fingerprint density at radius 2 is 1.94 bits per heavy atom. The summed E-state index contributed by atoms with van der Waals surface area (Å²) in [5, 5.41) is 4.62. The van der Waals surface area contributed by atoms with Crippen molar-refractivity contribution < 1.29 is 4.79 Å². The van der Waals surface area contributed by atoms with E-state index in [1.54, 1.807) is 29.3 Å². The van der Waals surface area contributed by atoms with Crippen LogP contribution in [0.5, 0.6) is 0 Å². The van der Waals surface area contributed by atoms with Crippen molar-refractivity contribution in [2.24, 2.45) is 0 Å². The highest BCUT2D eigenvalue weighted by Gasteiger charge is 2.50. The predicted octanol–water partition coefficient (Wildman–Crippen LogP) is 6.10. The number of fused-ring (bicyclic) bond motifs is 3. The highest BCUT2D eigenvalue weighted by molar-refractivity contribution is 8.00. The summed E-state index contributed by atoms with van der Waals surface area (Å²) in [5.74, 6) is 0.264. The van der Waals surface area contributed by atoms with Crippen LogP contribution in [0.25, 0.3) is 0 Å². The van der Waals surface area contributed by atoms with E-state index in [2.05, 4.69) is 45.4 Å². The van der Waals surface area contributed by atoms with Crippen LogP contribution in [0.2, 0.25) is 10.0 Å². The Bertz CT molecular complexity index is 1310. The number of hydrogen-bond acceptors (Lipinski definition) is 6. The monoisotopic (exact) mass is 511 g/mol. The zero-order valence-corrected chi connectivity index (χ0v) is 21.1.